The van der Waals surface area contributed by atoms with E-state index >= 15 is 0 Å². The summed E-state index contributed by atoms with van der Waals surface area (Å²) in [7, 11) is 0. The van der Waals surface area contributed by atoms with E-state index in [1.54, 1.807) is 0 Å². The van der Waals surface area contributed by atoms with Gasteiger partial charge in [-0.2, -0.15) is 0 Å². The van der Waals surface area contributed by atoms with Crippen LogP contribution in [0.1, 0.15) is 22.2 Å². The van der Waals surface area contributed by atoms with Crippen molar-refractivity contribution in [1.82, 2.24) is 0 Å². The molecule has 0 aliphatic heterocycles. The Morgan fingerprint density at radius 2 is 1.81 bits per heavy atom. The normalized spacial score (nSPS) is 10.5. The Morgan fingerprint density at radius 3 is 2.44 bits per heavy atom. The quantitative estimate of drug-likeness (QED) is 0.683. The molecule has 1 N–H and O–H groups in total. The summed E-state index contributed by atoms with van der Waals surface area (Å²) in [6.45, 7) is 1.55. The van der Waals surface area contributed by atoms with E-state index in [4.69, 9.17) is 0 Å². The number of hydrogen-bond donors (Lipinski definition) is 1. The molecule has 0 saturated carbocycles. The summed E-state index contributed by atoms with van der Waals surface area (Å²) in [5, 5.41) is 4.27. The predicted octanol–water partition coefficient (Wildman–Crippen LogP) is 4.83. The number of rotatable bonds is 5. The zero-order chi connectivity index (χ0) is 19.4. The minimum Gasteiger partial charge on any atom is -0.324 e. The van der Waals surface area contributed by atoms with Crippen LogP contribution in [-0.2, 0) is 11.3 Å². The summed E-state index contributed by atoms with van der Waals surface area (Å²) in [6, 6.07) is 13.1. The zero-order valence-electron chi connectivity index (χ0n) is 14.4. The molecule has 2 amide bonds. The minimum absolute atomic E-state index is 0.0662. The summed E-state index contributed by atoms with van der Waals surface area (Å²) < 4.78 is 27.2. The van der Waals surface area contributed by atoms with E-state index in [1.807, 2.05) is 17.5 Å². The number of amides is 2. The van der Waals surface area contributed by atoms with Gasteiger partial charge < -0.3 is 10.2 Å². The number of halogens is 2. The largest absolute Gasteiger partial charge is 0.324 e. The van der Waals surface area contributed by atoms with Crippen molar-refractivity contribution in [2.24, 2.45) is 0 Å². The van der Waals surface area contributed by atoms with Gasteiger partial charge in [0.25, 0.3) is 5.91 Å². The highest BCUT2D eigenvalue weighted by molar-refractivity contribution is 7.09. The second kappa shape index (κ2) is 8.09. The van der Waals surface area contributed by atoms with Crippen LogP contribution in [0, 0.1) is 11.6 Å². The van der Waals surface area contributed by atoms with Crippen molar-refractivity contribution in [3.8, 4) is 0 Å². The molecule has 3 aromatic rings. The van der Waals surface area contributed by atoms with Crippen LogP contribution in [0.25, 0.3) is 0 Å². The topological polar surface area (TPSA) is 49.4 Å². The molecule has 1 heterocycles. The SMILES string of the molecule is CC(=O)Nc1cc(C(=O)N(Cc2cccs2)c2ccc(F)cc2)ccc1F. The summed E-state index contributed by atoms with van der Waals surface area (Å²) in [4.78, 5) is 26.8. The first-order valence-corrected chi connectivity index (χ1v) is 8.99. The summed E-state index contributed by atoms with van der Waals surface area (Å²) in [5.74, 6) is -1.86. The second-order valence-corrected chi connectivity index (χ2v) is 6.86. The van der Waals surface area contributed by atoms with Crippen LogP contribution < -0.4 is 10.2 Å². The lowest BCUT2D eigenvalue weighted by Gasteiger charge is -2.23. The van der Waals surface area contributed by atoms with Crippen molar-refractivity contribution in [3.63, 3.8) is 0 Å². The van der Waals surface area contributed by atoms with Gasteiger partial charge >= 0.3 is 0 Å². The molecule has 0 radical (unpaired) electrons. The fourth-order valence-electron chi connectivity index (χ4n) is 2.56. The van der Waals surface area contributed by atoms with E-state index < -0.39 is 17.5 Å². The van der Waals surface area contributed by atoms with Gasteiger partial charge in [-0.3, -0.25) is 9.59 Å². The second-order valence-electron chi connectivity index (χ2n) is 5.82. The smallest absolute Gasteiger partial charge is 0.258 e. The Morgan fingerprint density at radius 1 is 1.07 bits per heavy atom. The van der Waals surface area contributed by atoms with Gasteiger partial charge in [0, 0.05) is 23.1 Å². The van der Waals surface area contributed by atoms with Gasteiger partial charge in [-0.15, -0.1) is 11.3 Å². The minimum atomic E-state index is -0.631. The molecule has 2 aromatic carbocycles. The molecular weight excluding hydrogens is 370 g/mol. The number of hydrogen-bond acceptors (Lipinski definition) is 3. The first-order chi connectivity index (χ1) is 12.9. The highest BCUT2D eigenvalue weighted by Gasteiger charge is 2.20. The van der Waals surface area contributed by atoms with Crippen molar-refractivity contribution in [2.45, 2.75) is 13.5 Å². The van der Waals surface area contributed by atoms with Crippen LogP contribution in [0.2, 0.25) is 0 Å². The fourth-order valence-corrected chi connectivity index (χ4v) is 3.25. The van der Waals surface area contributed by atoms with Gasteiger partial charge in [-0.05, 0) is 53.9 Å². The Labute approximate surface area is 159 Å². The van der Waals surface area contributed by atoms with Crippen LogP contribution in [0.5, 0.6) is 0 Å². The number of nitrogens with one attached hydrogen (secondary N) is 1. The molecule has 0 unspecified atom stereocenters. The van der Waals surface area contributed by atoms with E-state index in [0.717, 1.165) is 10.9 Å². The Balaban J connectivity index is 1.97. The third kappa shape index (κ3) is 4.57. The number of thiophene rings is 1. The van der Waals surface area contributed by atoms with Crippen molar-refractivity contribution >= 4 is 34.5 Å². The molecule has 7 heteroatoms. The predicted molar refractivity (Wildman–Crippen MR) is 102 cm³/mol. The van der Waals surface area contributed by atoms with E-state index in [-0.39, 0.29) is 23.7 Å². The maximum absolute atomic E-state index is 13.9. The van der Waals surface area contributed by atoms with Crippen molar-refractivity contribution < 1.29 is 18.4 Å². The van der Waals surface area contributed by atoms with Gasteiger partial charge in [0.1, 0.15) is 11.6 Å². The molecule has 0 aliphatic rings. The highest BCUT2D eigenvalue weighted by Crippen LogP contribution is 2.24. The maximum Gasteiger partial charge on any atom is 0.258 e. The molecule has 3 rings (SSSR count). The summed E-state index contributed by atoms with van der Waals surface area (Å²) in [6.07, 6.45) is 0. The van der Waals surface area contributed by atoms with Crippen LogP contribution in [0.3, 0.4) is 0 Å². The Kier molecular flexibility index (Phi) is 5.61. The van der Waals surface area contributed by atoms with Crippen molar-refractivity contribution in [3.05, 3.63) is 82.1 Å². The third-order valence-electron chi connectivity index (χ3n) is 3.80. The Bertz CT molecular complexity index is 957. The number of nitrogens with zero attached hydrogens (tertiary/aromatic N) is 1. The summed E-state index contributed by atoms with van der Waals surface area (Å²) >= 11 is 1.49. The standard InChI is InChI=1S/C20H16F2N2O2S/c1-13(25)23-19-11-14(4-9-18(19)22)20(26)24(12-17-3-2-10-27-17)16-7-5-15(21)6-8-16/h2-11H,12H2,1H3,(H,23,25). The van der Waals surface area contributed by atoms with Crippen LogP contribution in [0.15, 0.2) is 60.0 Å². The monoisotopic (exact) mass is 386 g/mol. The molecule has 0 spiro atoms. The first-order valence-electron chi connectivity index (χ1n) is 8.11. The zero-order valence-corrected chi connectivity index (χ0v) is 15.2. The van der Waals surface area contributed by atoms with Crippen LogP contribution >= 0.6 is 11.3 Å². The van der Waals surface area contributed by atoms with Crippen molar-refractivity contribution in [2.75, 3.05) is 10.2 Å². The lowest BCUT2D eigenvalue weighted by atomic mass is 10.1. The van der Waals surface area contributed by atoms with Crippen molar-refractivity contribution in [1.29, 1.82) is 0 Å². The highest BCUT2D eigenvalue weighted by atomic mass is 32.1. The third-order valence-corrected chi connectivity index (χ3v) is 4.66. The number of benzene rings is 2. The first kappa shape index (κ1) is 18.7. The van der Waals surface area contributed by atoms with Crippen LogP contribution in [-0.4, -0.2) is 11.8 Å². The molecule has 1 aromatic heterocycles. The number of carbonyl (C=O) groups is 2. The molecule has 0 fully saturated rings. The van der Waals surface area contributed by atoms with Gasteiger partial charge in [0.2, 0.25) is 5.91 Å². The van der Waals surface area contributed by atoms with E-state index in [9.17, 15) is 18.4 Å². The molecule has 0 aliphatic carbocycles. The number of carbonyl (C=O) groups excluding carboxylic acids is 2. The van der Waals surface area contributed by atoms with Crippen LogP contribution in [0.4, 0.5) is 20.2 Å². The number of anilines is 2. The molecular formula is C20H16F2N2O2S. The van der Waals surface area contributed by atoms with Gasteiger partial charge in [0.05, 0.1) is 12.2 Å². The van der Waals surface area contributed by atoms with E-state index in [1.165, 1.54) is 59.6 Å². The van der Waals surface area contributed by atoms with E-state index in [0.29, 0.717) is 5.69 Å². The lowest BCUT2D eigenvalue weighted by Crippen LogP contribution is -2.30. The molecule has 138 valence electrons. The van der Waals surface area contributed by atoms with Gasteiger partial charge in [-0.1, -0.05) is 6.07 Å². The molecule has 4 nitrogen and oxygen atoms in total. The van der Waals surface area contributed by atoms with Gasteiger partial charge in [0.15, 0.2) is 0 Å². The maximum atomic E-state index is 13.9. The van der Waals surface area contributed by atoms with E-state index in [2.05, 4.69) is 5.32 Å². The Hall–Kier alpha value is -3.06. The molecule has 27 heavy (non-hydrogen) atoms. The average molecular weight is 386 g/mol. The lowest BCUT2D eigenvalue weighted by molar-refractivity contribution is -0.114. The summed E-state index contributed by atoms with van der Waals surface area (Å²) in [5.41, 5.74) is 0.657. The molecule has 0 saturated heterocycles. The average Bonchev–Trinajstić information content (AvgIpc) is 3.15. The molecule has 0 bridgehead atoms. The fraction of sp³-hybridized carbons (Fsp3) is 0.100. The van der Waals surface area contributed by atoms with Gasteiger partial charge in [-0.25, -0.2) is 8.78 Å². The molecule has 0 atom stereocenters.